The lowest BCUT2D eigenvalue weighted by molar-refractivity contribution is 1.43. The summed E-state index contributed by atoms with van der Waals surface area (Å²) in [5.41, 5.74) is 1.14. The van der Waals surface area contributed by atoms with Crippen molar-refractivity contribution in [3.8, 4) is 0 Å². The molecule has 0 amide bonds. The van der Waals surface area contributed by atoms with E-state index >= 15 is 0 Å². The van der Waals surface area contributed by atoms with Gasteiger partial charge in [-0.25, -0.2) is 0 Å². The van der Waals surface area contributed by atoms with Crippen molar-refractivity contribution < 1.29 is 0 Å². The first-order valence-corrected chi connectivity index (χ1v) is 8.09. The van der Waals surface area contributed by atoms with Crippen molar-refractivity contribution in [2.75, 3.05) is 0 Å². The number of pyridine rings is 1. The standard InChI is InChI=1S/C19H12NP/c1-2-6-14-12(4-1)7-9-15-17-16(21-19(14)15)10-8-13-5-3-11-20-18(13)17/h1-11,21H. The first kappa shape index (κ1) is 11.3. The monoisotopic (exact) mass is 285 g/mol. The lowest BCUT2D eigenvalue weighted by Gasteiger charge is -2.01. The molecular formula is C19H12NP. The maximum atomic E-state index is 4.64. The Hall–Kier alpha value is -2.37. The molecule has 0 aliphatic heterocycles. The molecule has 21 heavy (non-hydrogen) atoms. The number of rotatable bonds is 0. The van der Waals surface area contributed by atoms with Gasteiger partial charge in [0.25, 0.3) is 0 Å². The highest BCUT2D eigenvalue weighted by atomic mass is 31.0. The van der Waals surface area contributed by atoms with Gasteiger partial charge in [0, 0.05) is 27.2 Å². The summed E-state index contributed by atoms with van der Waals surface area (Å²) in [6.07, 6.45) is 1.89. The number of hydrogen-bond acceptors (Lipinski definition) is 1. The molecule has 0 spiro atoms. The fraction of sp³-hybridized carbons (Fsp3) is 0. The van der Waals surface area contributed by atoms with E-state index < -0.39 is 0 Å². The Morgan fingerprint density at radius 2 is 1.57 bits per heavy atom. The van der Waals surface area contributed by atoms with E-state index in [2.05, 4.69) is 59.6 Å². The average molecular weight is 285 g/mol. The van der Waals surface area contributed by atoms with Gasteiger partial charge in [0.1, 0.15) is 0 Å². The smallest absolute Gasteiger partial charge is 0.0789 e. The maximum Gasteiger partial charge on any atom is 0.0789 e. The molecule has 0 N–H and O–H groups in total. The van der Waals surface area contributed by atoms with Gasteiger partial charge in [-0.2, -0.15) is 0 Å². The molecule has 98 valence electrons. The van der Waals surface area contributed by atoms with Crippen LogP contribution in [0.25, 0.3) is 42.7 Å². The van der Waals surface area contributed by atoms with Crippen LogP contribution >= 0.6 is 8.19 Å². The van der Waals surface area contributed by atoms with Gasteiger partial charge in [-0.15, -0.1) is 8.19 Å². The van der Waals surface area contributed by atoms with Crippen molar-refractivity contribution in [3.63, 3.8) is 0 Å². The molecule has 0 fully saturated rings. The largest absolute Gasteiger partial charge is 0.256 e. The number of aromatic nitrogens is 1. The third-order valence-corrected chi connectivity index (χ3v) is 5.71. The highest BCUT2D eigenvalue weighted by molar-refractivity contribution is 7.44. The second-order valence-electron chi connectivity index (χ2n) is 5.40. The molecule has 0 radical (unpaired) electrons. The van der Waals surface area contributed by atoms with Crippen LogP contribution in [0.4, 0.5) is 0 Å². The molecule has 0 saturated carbocycles. The molecule has 5 rings (SSSR count). The van der Waals surface area contributed by atoms with Crippen molar-refractivity contribution in [3.05, 3.63) is 66.9 Å². The zero-order valence-electron chi connectivity index (χ0n) is 11.3. The van der Waals surface area contributed by atoms with E-state index in [1.165, 1.54) is 37.2 Å². The van der Waals surface area contributed by atoms with E-state index in [-0.39, 0.29) is 0 Å². The summed E-state index contributed by atoms with van der Waals surface area (Å²) in [7, 11) is 0.728. The molecule has 0 aliphatic carbocycles. The minimum absolute atomic E-state index is 0.728. The van der Waals surface area contributed by atoms with Gasteiger partial charge in [0.15, 0.2) is 0 Å². The Morgan fingerprint density at radius 3 is 2.57 bits per heavy atom. The number of benzene rings is 3. The van der Waals surface area contributed by atoms with Crippen molar-refractivity contribution in [1.29, 1.82) is 0 Å². The van der Waals surface area contributed by atoms with E-state index in [4.69, 9.17) is 0 Å². The number of fused-ring (bicyclic) bond motifs is 7. The number of hydrogen-bond donors (Lipinski definition) is 0. The summed E-state index contributed by atoms with van der Waals surface area (Å²) in [5, 5.41) is 9.54. The van der Waals surface area contributed by atoms with Gasteiger partial charge in [-0.1, -0.05) is 48.5 Å². The van der Waals surface area contributed by atoms with E-state index in [0.29, 0.717) is 0 Å². The minimum atomic E-state index is 0.728. The first-order chi connectivity index (χ1) is 10.4. The Morgan fingerprint density at radius 1 is 0.714 bits per heavy atom. The average Bonchev–Trinajstić information content (AvgIpc) is 2.94. The molecule has 1 atom stereocenters. The van der Waals surface area contributed by atoms with E-state index in [1.54, 1.807) is 0 Å². The topological polar surface area (TPSA) is 12.9 Å². The third kappa shape index (κ3) is 1.50. The fourth-order valence-electron chi connectivity index (χ4n) is 3.27. The van der Waals surface area contributed by atoms with Crippen LogP contribution in [0.2, 0.25) is 0 Å². The second-order valence-corrected chi connectivity index (χ2v) is 6.69. The van der Waals surface area contributed by atoms with E-state index in [0.717, 1.165) is 13.7 Å². The van der Waals surface area contributed by atoms with Gasteiger partial charge in [-0.05, 0) is 28.3 Å². The highest BCUT2D eigenvalue weighted by Gasteiger charge is 2.10. The second kappa shape index (κ2) is 4.07. The van der Waals surface area contributed by atoms with Crippen LogP contribution in [0.1, 0.15) is 0 Å². The van der Waals surface area contributed by atoms with Crippen LogP contribution < -0.4 is 0 Å². The molecule has 1 nitrogen and oxygen atoms in total. The molecular weight excluding hydrogens is 273 g/mol. The third-order valence-electron chi connectivity index (χ3n) is 4.23. The Bertz CT molecular complexity index is 1140. The lowest BCUT2D eigenvalue weighted by Crippen LogP contribution is -1.78. The number of nitrogens with zero attached hydrogens (tertiary/aromatic N) is 1. The van der Waals surface area contributed by atoms with E-state index in [9.17, 15) is 0 Å². The summed E-state index contributed by atoms with van der Waals surface area (Å²) in [6.45, 7) is 0. The van der Waals surface area contributed by atoms with Gasteiger partial charge in [0.2, 0.25) is 0 Å². The Kier molecular flexibility index (Phi) is 2.19. The fourth-order valence-corrected chi connectivity index (χ4v) is 4.79. The predicted molar refractivity (Wildman–Crippen MR) is 93.8 cm³/mol. The summed E-state index contributed by atoms with van der Waals surface area (Å²) in [4.78, 5) is 4.64. The SMILES string of the molecule is c1ccc2c(c1)ccc1c2[pH]c2ccc3cccnc3c21. The molecule has 0 aliphatic rings. The van der Waals surface area contributed by atoms with Crippen LogP contribution in [-0.2, 0) is 0 Å². The zero-order chi connectivity index (χ0) is 13.8. The quantitative estimate of drug-likeness (QED) is 0.354. The minimum Gasteiger partial charge on any atom is -0.256 e. The van der Waals surface area contributed by atoms with Crippen LogP contribution in [-0.4, -0.2) is 4.98 Å². The van der Waals surface area contributed by atoms with Crippen LogP contribution in [0.3, 0.4) is 0 Å². The molecule has 5 aromatic rings. The molecule has 2 heterocycles. The zero-order valence-corrected chi connectivity index (χ0v) is 12.3. The van der Waals surface area contributed by atoms with Crippen molar-refractivity contribution in [2.45, 2.75) is 0 Å². The van der Waals surface area contributed by atoms with Gasteiger partial charge >= 0.3 is 0 Å². The molecule has 0 saturated heterocycles. The van der Waals surface area contributed by atoms with Gasteiger partial charge < -0.3 is 0 Å². The normalized spacial score (nSPS) is 12.2. The molecule has 2 heteroatoms. The summed E-state index contributed by atoms with van der Waals surface area (Å²) < 4.78 is 0. The molecule has 2 aromatic heterocycles. The van der Waals surface area contributed by atoms with Crippen molar-refractivity contribution in [1.82, 2.24) is 4.98 Å². The predicted octanol–water partition coefficient (Wildman–Crippen LogP) is 5.73. The van der Waals surface area contributed by atoms with Crippen molar-refractivity contribution >= 4 is 50.9 Å². The summed E-state index contributed by atoms with van der Waals surface area (Å²) in [5.74, 6) is 0. The van der Waals surface area contributed by atoms with Crippen LogP contribution in [0.15, 0.2) is 66.9 Å². The molecule has 3 aromatic carbocycles. The first-order valence-electron chi connectivity index (χ1n) is 7.09. The lowest BCUT2D eigenvalue weighted by atomic mass is 10.0. The van der Waals surface area contributed by atoms with Gasteiger partial charge in [0.05, 0.1) is 5.52 Å². The molecule has 0 bridgehead atoms. The van der Waals surface area contributed by atoms with Crippen LogP contribution in [0, 0.1) is 0 Å². The summed E-state index contributed by atoms with van der Waals surface area (Å²) in [6, 6.07) is 21.8. The highest BCUT2D eigenvalue weighted by Crippen LogP contribution is 2.43. The maximum absolute atomic E-state index is 4.64. The van der Waals surface area contributed by atoms with E-state index in [1.807, 2.05) is 12.3 Å². The van der Waals surface area contributed by atoms with Crippen LogP contribution in [0.5, 0.6) is 0 Å². The Balaban J connectivity index is 2.11. The Labute approximate surface area is 123 Å². The summed E-state index contributed by atoms with van der Waals surface area (Å²) >= 11 is 0. The van der Waals surface area contributed by atoms with Crippen molar-refractivity contribution in [2.24, 2.45) is 0 Å². The van der Waals surface area contributed by atoms with Gasteiger partial charge in [-0.3, -0.25) is 4.98 Å². The molecule has 1 unspecified atom stereocenters.